The summed E-state index contributed by atoms with van der Waals surface area (Å²) in [6.45, 7) is 6.27. The number of rotatable bonds is 15. The second-order valence-corrected chi connectivity index (χ2v) is 9.35. The zero-order valence-electron chi connectivity index (χ0n) is 17.9. The van der Waals surface area contributed by atoms with Crippen LogP contribution in [0.1, 0.15) is 71.1 Å². The highest BCUT2D eigenvalue weighted by Crippen LogP contribution is 2.11. The van der Waals surface area contributed by atoms with Gasteiger partial charge >= 0.3 is 5.97 Å². The van der Waals surface area contributed by atoms with E-state index in [1.54, 1.807) is 0 Å². The Morgan fingerprint density at radius 3 is 1.78 bits per heavy atom. The molecule has 0 saturated carbocycles. The first kappa shape index (κ1) is 28.3. The van der Waals surface area contributed by atoms with Gasteiger partial charge in [-0.15, -0.1) is 0 Å². The fourth-order valence-corrected chi connectivity index (χ4v) is 2.66. The molecule has 0 aliphatic heterocycles. The lowest BCUT2D eigenvalue weighted by Gasteiger charge is -2.23. The van der Waals surface area contributed by atoms with E-state index in [0.717, 1.165) is 10.6 Å². The summed E-state index contributed by atoms with van der Waals surface area (Å²) >= 11 is 0. The van der Waals surface area contributed by atoms with Crippen molar-refractivity contribution in [3.63, 3.8) is 0 Å². The van der Waals surface area contributed by atoms with Crippen LogP contribution in [0.2, 0.25) is 0 Å². The standard InChI is InChI=1S/C15H34N.C5H8O5S/c1-5-6-7-8-9-10-11-12-13-14-15-16(2,3)4;1-2-5(6)10-3-4-11(7,8)9/h5-15H2,1-4H3;2H,1,3-4H2,(H,7,8,9)/q+1;/p-1. The molecule has 0 atom stereocenters. The van der Waals surface area contributed by atoms with Crippen molar-refractivity contribution in [2.45, 2.75) is 71.1 Å². The lowest BCUT2D eigenvalue weighted by Crippen LogP contribution is -2.35. The van der Waals surface area contributed by atoms with E-state index in [9.17, 15) is 17.8 Å². The maximum Gasteiger partial charge on any atom is 0.330 e. The van der Waals surface area contributed by atoms with Crippen molar-refractivity contribution in [1.82, 2.24) is 0 Å². The van der Waals surface area contributed by atoms with Crippen LogP contribution < -0.4 is 0 Å². The zero-order chi connectivity index (χ0) is 21.2. The van der Waals surface area contributed by atoms with E-state index >= 15 is 0 Å². The minimum absolute atomic E-state index is 0.420. The third kappa shape index (κ3) is 30.1. The number of ether oxygens (including phenoxy) is 1. The predicted octanol–water partition coefficient (Wildman–Crippen LogP) is 3.87. The maximum atomic E-state index is 10.3. The number of quaternary nitrogens is 1. The molecule has 0 rings (SSSR count). The van der Waals surface area contributed by atoms with Gasteiger partial charge in [0, 0.05) is 6.08 Å². The van der Waals surface area contributed by atoms with Crippen molar-refractivity contribution < 1.29 is 27.0 Å². The highest BCUT2D eigenvalue weighted by atomic mass is 32.2. The number of carbonyl (C=O) groups is 1. The molecule has 6 nitrogen and oxygen atoms in total. The van der Waals surface area contributed by atoms with Gasteiger partial charge in [0.1, 0.15) is 6.61 Å². The summed E-state index contributed by atoms with van der Waals surface area (Å²) in [6, 6.07) is 0. The van der Waals surface area contributed by atoms with Crippen LogP contribution in [-0.4, -0.2) is 63.5 Å². The van der Waals surface area contributed by atoms with Gasteiger partial charge in [0.25, 0.3) is 0 Å². The maximum absolute atomic E-state index is 10.3. The van der Waals surface area contributed by atoms with E-state index in [2.05, 4.69) is 39.4 Å². The van der Waals surface area contributed by atoms with Gasteiger partial charge in [-0.3, -0.25) is 0 Å². The fourth-order valence-electron chi connectivity index (χ4n) is 2.38. The summed E-state index contributed by atoms with van der Waals surface area (Å²) in [7, 11) is 2.57. The lowest BCUT2D eigenvalue weighted by molar-refractivity contribution is -0.870. The van der Waals surface area contributed by atoms with E-state index < -0.39 is 28.4 Å². The fraction of sp³-hybridized carbons (Fsp3) is 0.850. The molecule has 0 unspecified atom stereocenters. The molecule has 0 spiro atoms. The van der Waals surface area contributed by atoms with Gasteiger partial charge < -0.3 is 13.8 Å². The van der Waals surface area contributed by atoms with E-state index in [1.807, 2.05) is 0 Å². The topological polar surface area (TPSA) is 83.5 Å². The van der Waals surface area contributed by atoms with E-state index in [1.165, 1.54) is 70.8 Å². The van der Waals surface area contributed by atoms with Gasteiger partial charge in [0.05, 0.1) is 43.6 Å². The summed E-state index contributed by atoms with van der Waals surface area (Å²) < 4.78 is 35.1. The van der Waals surface area contributed by atoms with Gasteiger partial charge in [0.2, 0.25) is 0 Å². The Bertz CT molecular complexity index is 469. The van der Waals surface area contributed by atoms with Crippen LogP contribution in [0, 0.1) is 0 Å². The third-order valence-electron chi connectivity index (χ3n) is 3.93. The van der Waals surface area contributed by atoms with Gasteiger partial charge in [-0.1, -0.05) is 64.9 Å². The average Bonchev–Trinajstić information content (AvgIpc) is 2.55. The Kier molecular flexibility index (Phi) is 18.0. The van der Waals surface area contributed by atoms with Gasteiger partial charge in [-0.2, -0.15) is 0 Å². The minimum atomic E-state index is -4.29. The molecule has 0 aliphatic rings. The summed E-state index contributed by atoms with van der Waals surface area (Å²) in [6.07, 6.45) is 15.3. The molecule has 0 aromatic heterocycles. The van der Waals surface area contributed by atoms with E-state index in [-0.39, 0.29) is 0 Å². The summed E-state index contributed by atoms with van der Waals surface area (Å²) in [5, 5.41) is 0. The van der Waals surface area contributed by atoms with Gasteiger partial charge in [-0.25, -0.2) is 13.2 Å². The van der Waals surface area contributed by atoms with Crippen LogP contribution in [0.4, 0.5) is 0 Å². The number of hydrogen-bond acceptors (Lipinski definition) is 5. The molecule has 0 aromatic rings. The Labute approximate surface area is 167 Å². The molecule has 0 saturated heterocycles. The van der Waals surface area contributed by atoms with Crippen LogP contribution in [-0.2, 0) is 19.6 Å². The first-order valence-electron chi connectivity index (χ1n) is 10.0. The molecule has 0 heterocycles. The Hall–Kier alpha value is -0.920. The Balaban J connectivity index is 0. The highest BCUT2D eigenvalue weighted by Gasteiger charge is 2.04. The third-order valence-corrected chi connectivity index (χ3v) is 4.59. The molecular weight excluding hydrogens is 366 g/mol. The predicted molar refractivity (Wildman–Crippen MR) is 110 cm³/mol. The first-order chi connectivity index (χ1) is 12.5. The lowest BCUT2D eigenvalue weighted by atomic mass is 10.1. The van der Waals surface area contributed by atoms with E-state index in [0.29, 0.717) is 0 Å². The number of unbranched alkanes of at least 4 members (excludes halogenated alkanes) is 9. The number of carbonyl (C=O) groups excluding carboxylic acids is 1. The number of esters is 1. The van der Waals surface area contributed by atoms with Crippen LogP contribution in [0.3, 0.4) is 0 Å². The number of nitrogens with zero attached hydrogens (tertiary/aromatic N) is 1. The second-order valence-electron chi connectivity index (χ2n) is 7.83. The second kappa shape index (κ2) is 17.2. The molecule has 0 amide bonds. The van der Waals surface area contributed by atoms with Crippen molar-refractivity contribution >= 4 is 16.1 Å². The SMILES string of the molecule is C=CC(=O)OCCS(=O)(=O)[O-].CCCCCCCCCCCC[N+](C)(C)C. The monoisotopic (exact) mass is 407 g/mol. The van der Waals surface area contributed by atoms with Crippen molar-refractivity contribution in [3.05, 3.63) is 12.7 Å². The van der Waals surface area contributed by atoms with Crippen LogP contribution in [0.5, 0.6) is 0 Å². The van der Waals surface area contributed by atoms with Crippen LogP contribution in [0.25, 0.3) is 0 Å². The Morgan fingerprint density at radius 2 is 1.41 bits per heavy atom. The highest BCUT2D eigenvalue weighted by molar-refractivity contribution is 7.85. The molecule has 7 heteroatoms. The van der Waals surface area contributed by atoms with Crippen molar-refractivity contribution in [1.29, 1.82) is 0 Å². The molecular formula is C20H41NO5S. The Morgan fingerprint density at radius 1 is 0.963 bits per heavy atom. The molecule has 0 fully saturated rings. The van der Waals surface area contributed by atoms with Crippen LogP contribution >= 0.6 is 0 Å². The molecule has 27 heavy (non-hydrogen) atoms. The largest absolute Gasteiger partial charge is 0.748 e. The summed E-state index contributed by atoms with van der Waals surface area (Å²) in [4.78, 5) is 10.3. The zero-order valence-corrected chi connectivity index (χ0v) is 18.7. The quantitative estimate of drug-likeness (QED) is 0.135. The van der Waals surface area contributed by atoms with Crippen molar-refractivity contribution in [3.8, 4) is 0 Å². The van der Waals surface area contributed by atoms with E-state index in [4.69, 9.17) is 0 Å². The van der Waals surface area contributed by atoms with Crippen molar-refractivity contribution in [2.24, 2.45) is 0 Å². The molecule has 0 radical (unpaired) electrons. The molecule has 0 N–H and O–H groups in total. The van der Waals surface area contributed by atoms with Gasteiger partial charge in [0.15, 0.2) is 0 Å². The normalized spacial score (nSPS) is 11.4. The van der Waals surface area contributed by atoms with Crippen molar-refractivity contribution in [2.75, 3.05) is 40.0 Å². The molecule has 0 aromatic carbocycles. The smallest absolute Gasteiger partial charge is 0.330 e. The molecule has 162 valence electrons. The summed E-state index contributed by atoms with van der Waals surface area (Å²) in [5.41, 5.74) is 0. The average molecular weight is 408 g/mol. The minimum Gasteiger partial charge on any atom is -0.748 e. The van der Waals surface area contributed by atoms with Gasteiger partial charge in [-0.05, 0) is 12.8 Å². The van der Waals surface area contributed by atoms with Crippen LogP contribution in [0.15, 0.2) is 12.7 Å². The summed E-state index contributed by atoms with van der Waals surface area (Å²) in [5.74, 6) is -1.44. The molecule has 0 bridgehead atoms. The molecule has 0 aliphatic carbocycles. The first-order valence-corrected chi connectivity index (χ1v) is 11.6. The number of hydrogen-bond donors (Lipinski definition) is 0.